The lowest BCUT2D eigenvalue weighted by Crippen LogP contribution is -2.37. The number of thiazole rings is 1. The summed E-state index contributed by atoms with van der Waals surface area (Å²) in [6.07, 6.45) is -0.267. The Morgan fingerprint density at radius 1 is 1.11 bits per heavy atom. The lowest BCUT2D eigenvalue weighted by atomic mass is 9.98. The zero-order valence-electron chi connectivity index (χ0n) is 18.8. The fourth-order valence-corrected chi connectivity index (χ4v) is 5.63. The van der Waals surface area contributed by atoms with Crippen LogP contribution in [-0.4, -0.2) is 56.8 Å². The molecule has 2 aliphatic rings. The van der Waals surface area contributed by atoms with E-state index < -0.39 is 6.43 Å². The first kappa shape index (κ1) is 22.1. The number of halogens is 2. The number of morpholine rings is 1. The van der Waals surface area contributed by atoms with Gasteiger partial charge in [0.1, 0.15) is 11.6 Å². The van der Waals surface area contributed by atoms with E-state index in [1.807, 2.05) is 4.90 Å². The number of nitrogens with one attached hydrogen (secondary N) is 1. The number of nitrogens with zero attached hydrogens (tertiary/aromatic N) is 6. The van der Waals surface area contributed by atoms with Gasteiger partial charge in [-0.25, -0.2) is 18.7 Å². The molecule has 182 valence electrons. The van der Waals surface area contributed by atoms with Crippen LogP contribution in [0.1, 0.15) is 29.2 Å². The Morgan fingerprint density at radius 2 is 1.94 bits per heavy atom. The fraction of sp³-hybridized carbons (Fsp3) is 0.391. The number of alkyl halides is 2. The predicted molar refractivity (Wildman–Crippen MR) is 131 cm³/mol. The maximum Gasteiger partial charge on any atom is 0.296 e. The van der Waals surface area contributed by atoms with Crippen LogP contribution in [0.4, 0.5) is 25.7 Å². The molecular formula is C23H24F2N8OS. The lowest BCUT2D eigenvalue weighted by Gasteiger charge is -2.28. The Labute approximate surface area is 204 Å². The fourth-order valence-electron chi connectivity index (χ4n) is 4.67. The first-order chi connectivity index (χ1) is 17.0. The van der Waals surface area contributed by atoms with E-state index in [2.05, 4.69) is 15.3 Å². The van der Waals surface area contributed by atoms with Crippen molar-refractivity contribution in [2.75, 3.05) is 42.3 Å². The summed E-state index contributed by atoms with van der Waals surface area (Å²) in [5, 5.41) is 4.10. The van der Waals surface area contributed by atoms with Gasteiger partial charge in [0.2, 0.25) is 5.95 Å². The van der Waals surface area contributed by atoms with Crippen molar-refractivity contribution in [3.63, 3.8) is 0 Å². The summed E-state index contributed by atoms with van der Waals surface area (Å²) in [5.74, 6) is 1.07. The molecule has 0 radical (unpaired) electrons. The molecule has 0 saturated carbocycles. The molecule has 1 aliphatic carbocycles. The van der Waals surface area contributed by atoms with Gasteiger partial charge in [0.25, 0.3) is 6.43 Å². The molecule has 1 fully saturated rings. The van der Waals surface area contributed by atoms with Gasteiger partial charge < -0.3 is 20.7 Å². The summed E-state index contributed by atoms with van der Waals surface area (Å²) in [7, 11) is 0. The molecule has 12 heteroatoms. The second kappa shape index (κ2) is 9.00. The zero-order valence-corrected chi connectivity index (χ0v) is 19.6. The quantitative estimate of drug-likeness (QED) is 0.430. The Balaban J connectivity index is 1.41. The normalized spacial score (nSPS) is 18.3. The molecule has 6 rings (SSSR count). The van der Waals surface area contributed by atoms with E-state index in [1.54, 1.807) is 30.3 Å². The molecular weight excluding hydrogens is 474 g/mol. The lowest BCUT2D eigenvalue weighted by molar-refractivity contribution is 0.122. The Hall–Kier alpha value is -3.38. The number of imidazole rings is 1. The van der Waals surface area contributed by atoms with Crippen molar-refractivity contribution in [2.24, 2.45) is 0 Å². The summed E-state index contributed by atoms with van der Waals surface area (Å²) in [6.45, 7) is 2.38. The summed E-state index contributed by atoms with van der Waals surface area (Å²) in [4.78, 5) is 21.3. The van der Waals surface area contributed by atoms with Gasteiger partial charge in [0, 0.05) is 36.5 Å². The number of nitrogen functional groups attached to an aromatic ring is 1. The van der Waals surface area contributed by atoms with Crippen molar-refractivity contribution < 1.29 is 13.5 Å². The number of ether oxygens (including phenoxy) is 1. The van der Waals surface area contributed by atoms with E-state index in [0.29, 0.717) is 60.1 Å². The molecule has 1 aliphatic heterocycles. The summed E-state index contributed by atoms with van der Waals surface area (Å²) >= 11 is 1.51. The van der Waals surface area contributed by atoms with Gasteiger partial charge in [-0.2, -0.15) is 9.97 Å². The van der Waals surface area contributed by atoms with Crippen LogP contribution in [0.25, 0.3) is 16.9 Å². The van der Waals surface area contributed by atoms with Crippen LogP contribution in [0.5, 0.6) is 0 Å². The minimum atomic E-state index is -2.76. The Morgan fingerprint density at radius 3 is 2.77 bits per heavy atom. The van der Waals surface area contributed by atoms with Crippen molar-refractivity contribution in [2.45, 2.75) is 31.7 Å². The number of aromatic nitrogens is 5. The standard InChI is InChI=1S/C23H24F2N8OS/c24-20(25)21-28-14-3-1-2-4-16(14)33(21)19-12-18(30-23(31-19)32-7-9-34-10-8-32)27-13-5-6-15-17(11-13)35-22(26)29-15/h1-4,12-13,20H,5-11H2,(H2,26,29)(H,27,30,31). The van der Waals surface area contributed by atoms with Crippen molar-refractivity contribution >= 4 is 39.3 Å². The molecule has 9 nitrogen and oxygen atoms in total. The van der Waals surface area contributed by atoms with Gasteiger partial charge in [0.05, 0.1) is 29.9 Å². The molecule has 0 bridgehead atoms. The van der Waals surface area contributed by atoms with Gasteiger partial charge in [-0.1, -0.05) is 12.1 Å². The molecule has 35 heavy (non-hydrogen) atoms. The molecule has 4 aromatic rings. The van der Waals surface area contributed by atoms with E-state index in [-0.39, 0.29) is 11.9 Å². The number of rotatable bonds is 5. The van der Waals surface area contributed by atoms with Crippen molar-refractivity contribution in [1.82, 2.24) is 24.5 Å². The first-order valence-electron chi connectivity index (χ1n) is 11.5. The zero-order chi connectivity index (χ0) is 23.9. The van der Waals surface area contributed by atoms with Gasteiger partial charge in [-0.15, -0.1) is 11.3 Å². The number of hydrogen-bond acceptors (Lipinski definition) is 9. The monoisotopic (exact) mass is 498 g/mol. The average Bonchev–Trinajstić information content (AvgIpc) is 3.44. The number of hydrogen-bond donors (Lipinski definition) is 2. The number of fused-ring (bicyclic) bond motifs is 2. The number of anilines is 3. The van der Waals surface area contributed by atoms with Crippen LogP contribution < -0.4 is 16.0 Å². The molecule has 1 saturated heterocycles. The van der Waals surface area contributed by atoms with E-state index in [4.69, 9.17) is 20.4 Å². The number of para-hydroxylation sites is 2. The third-order valence-corrected chi connectivity index (χ3v) is 7.26. The predicted octanol–water partition coefficient (Wildman–Crippen LogP) is 3.60. The largest absolute Gasteiger partial charge is 0.378 e. The second-order valence-corrected chi connectivity index (χ2v) is 9.73. The summed E-state index contributed by atoms with van der Waals surface area (Å²) in [6, 6.07) is 8.93. The number of nitrogens with two attached hydrogens (primary N) is 1. The van der Waals surface area contributed by atoms with Crippen LogP contribution in [-0.2, 0) is 17.6 Å². The number of aryl methyl sites for hydroxylation is 1. The maximum absolute atomic E-state index is 14.0. The molecule has 1 atom stereocenters. The highest BCUT2D eigenvalue weighted by Crippen LogP contribution is 2.32. The minimum absolute atomic E-state index is 0.122. The topological polar surface area (TPSA) is 107 Å². The minimum Gasteiger partial charge on any atom is -0.378 e. The highest BCUT2D eigenvalue weighted by Gasteiger charge is 2.26. The smallest absolute Gasteiger partial charge is 0.296 e. The highest BCUT2D eigenvalue weighted by atomic mass is 32.1. The second-order valence-electron chi connectivity index (χ2n) is 8.61. The molecule has 4 heterocycles. The molecule has 0 amide bonds. The third kappa shape index (κ3) is 4.27. The van der Waals surface area contributed by atoms with E-state index in [1.165, 1.54) is 20.8 Å². The van der Waals surface area contributed by atoms with E-state index >= 15 is 0 Å². The van der Waals surface area contributed by atoms with E-state index in [0.717, 1.165) is 25.0 Å². The van der Waals surface area contributed by atoms with Crippen LogP contribution in [0.15, 0.2) is 30.3 Å². The van der Waals surface area contributed by atoms with Gasteiger partial charge >= 0.3 is 0 Å². The number of benzene rings is 1. The molecule has 1 unspecified atom stereocenters. The Kier molecular flexibility index (Phi) is 5.69. The van der Waals surface area contributed by atoms with Gasteiger partial charge in [-0.3, -0.25) is 4.57 Å². The van der Waals surface area contributed by atoms with Crippen LogP contribution in [0.3, 0.4) is 0 Å². The van der Waals surface area contributed by atoms with Crippen LogP contribution >= 0.6 is 11.3 Å². The molecule has 3 N–H and O–H groups in total. The van der Waals surface area contributed by atoms with Crippen molar-refractivity contribution in [3.05, 3.63) is 46.7 Å². The first-order valence-corrected chi connectivity index (χ1v) is 12.3. The third-order valence-electron chi connectivity index (χ3n) is 6.31. The molecule has 3 aromatic heterocycles. The highest BCUT2D eigenvalue weighted by molar-refractivity contribution is 7.15. The average molecular weight is 499 g/mol. The van der Waals surface area contributed by atoms with Crippen molar-refractivity contribution in [3.8, 4) is 5.82 Å². The summed E-state index contributed by atoms with van der Waals surface area (Å²) in [5.41, 5.74) is 8.03. The summed E-state index contributed by atoms with van der Waals surface area (Å²) < 4.78 is 35.0. The van der Waals surface area contributed by atoms with Gasteiger partial charge in [0.15, 0.2) is 11.0 Å². The molecule has 1 aromatic carbocycles. The SMILES string of the molecule is Nc1nc2c(s1)CC(Nc1cc(-n3c(C(F)F)nc4ccccc43)nc(N3CCOCC3)n1)CC2. The maximum atomic E-state index is 14.0. The van der Waals surface area contributed by atoms with Crippen LogP contribution in [0, 0.1) is 0 Å². The van der Waals surface area contributed by atoms with Crippen molar-refractivity contribution in [1.29, 1.82) is 0 Å². The van der Waals surface area contributed by atoms with Crippen LogP contribution in [0.2, 0.25) is 0 Å². The van der Waals surface area contributed by atoms with E-state index in [9.17, 15) is 8.78 Å². The molecule has 0 spiro atoms. The Bertz CT molecular complexity index is 1370. The van der Waals surface area contributed by atoms with Gasteiger partial charge in [-0.05, 0) is 25.0 Å².